The Morgan fingerprint density at radius 2 is 1.62 bits per heavy atom. The molecule has 0 aliphatic rings. The van der Waals surface area contributed by atoms with Crippen molar-refractivity contribution in [1.29, 1.82) is 0 Å². The van der Waals surface area contributed by atoms with Gasteiger partial charge in [-0.15, -0.1) is 0 Å². The van der Waals surface area contributed by atoms with Crippen molar-refractivity contribution in [1.82, 2.24) is 14.9 Å². The third-order valence-corrected chi connectivity index (χ3v) is 5.53. The lowest BCUT2D eigenvalue weighted by Gasteiger charge is -2.14. The Hall–Kier alpha value is -3.72. The highest BCUT2D eigenvalue weighted by Crippen LogP contribution is 2.38. The lowest BCUT2D eigenvalue weighted by Crippen LogP contribution is -2.21. The quantitative estimate of drug-likeness (QED) is 0.281. The average Bonchev–Trinajstić information content (AvgIpc) is 3.17. The minimum Gasteiger partial charge on any atom is -0.478 e. The highest BCUT2D eigenvalue weighted by molar-refractivity contribution is 6.03. The number of carboxylic acid groups (broad SMARTS) is 1. The number of hydrogen-bond acceptors (Lipinski definition) is 3. The highest BCUT2D eigenvalue weighted by atomic mass is 19.2. The van der Waals surface area contributed by atoms with Crippen molar-refractivity contribution in [3.05, 3.63) is 77.1 Å². The molecular weight excluding hydrogens is 450 g/mol. The van der Waals surface area contributed by atoms with Gasteiger partial charge in [0.2, 0.25) is 0 Å². The molecule has 0 bridgehead atoms. The van der Waals surface area contributed by atoms with E-state index in [-0.39, 0.29) is 33.8 Å². The number of halogens is 4. The average molecular weight is 471 g/mol. The van der Waals surface area contributed by atoms with Gasteiger partial charge < -0.3 is 15.0 Å². The second kappa shape index (κ2) is 8.90. The SMILES string of the molecule is CC(C)NCc1cccc(-c2c(F)c(F)c(-c3cc(C(=O)O)c4c(c3)ncn4C)c(F)c2F)c1. The number of nitrogens with zero attached hydrogens (tertiary/aromatic N) is 2. The van der Waals surface area contributed by atoms with Crippen molar-refractivity contribution in [2.24, 2.45) is 7.05 Å². The molecule has 2 N–H and O–H groups in total. The van der Waals surface area contributed by atoms with Crippen LogP contribution in [0.3, 0.4) is 0 Å². The van der Waals surface area contributed by atoms with Crippen LogP contribution in [0.25, 0.3) is 33.3 Å². The van der Waals surface area contributed by atoms with Crippen LogP contribution < -0.4 is 5.32 Å². The minimum atomic E-state index is -1.62. The first kappa shape index (κ1) is 23.4. The molecule has 0 radical (unpaired) electrons. The largest absolute Gasteiger partial charge is 0.478 e. The molecule has 0 fully saturated rings. The van der Waals surface area contributed by atoms with Gasteiger partial charge in [-0.1, -0.05) is 32.0 Å². The lowest BCUT2D eigenvalue weighted by atomic mass is 9.95. The van der Waals surface area contributed by atoms with E-state index >= 15 is 17.6 Å². The van der Waals surface area contributed by atoms with Gasteiger partial charge >= 0.3 is 5.97 Å². The summed E-state index contributed by atoms with van der Waals surface area (Å²) in [6.07, 6.45) is 1.33. The van der Waals surface area contributed by atoms with Gasteiger partial charge in [0.1, 0.15) is 0 Å². The van der Waals surface area contributed by atoms with Crippen LogP contribution in [0.5, 0.6) is 0 Å². The first-order valence-electron chi connectivity index (χ1n) is 10.5. The number of hydrogen-bond donors (Lipinski definition) is 2. The zero-order valence-electron chi connectivity index (χ0n) is 18.6. The Balaban J connectivity index is 1.90. The van der Waals surface area contributed by atoms with Crippen LogP contribution in [0.1, 0.15) is 29.8 Å². The van der Waals surface area contributed by atoms with Crippen molar-refractivity contribution in [2.45, 2.75) is 26.4 Å². The number of benzene rings is 3. The summed E-state index contributed by atoms with van der Waals surface area (Å²) in [6, 6.07) is 8.43. The predicted octanol–water partition coefficient (Wildman–Crippen LogP) is 5.66. The third-order valence-electron chi connectivity index (χ3n) is 5.53. The number of imidazole rings is 1. The van der Waals surface area contributed by atoms with E-state index in [0.29, 0.717) is 12.1 Å². The minimum absolute atomic E-state index is 0.0196. The molecule has 0 unspecified atom stereocenters. The fraction of sp³-hybridized carbons (Fsp3) is 0.200. The first-order chi connectivity index (χ1) is 16.1. The van der Waals surface area contributed by atoms with Crippen LogP contribution in [-0.4, -0.2) is 26.7 Å². The van der Waals surface area contributed by atoms with Crippen molar-refractivity contribution in [3.63, 3.8) is 0 Å². The monoisotopic (exact) mass is 471 g/mol. The smallest absolute Gasteiger partial charge is 0.337 e. The van der Waals surface area contributed by atoms with E-state index in [9.17, 15) is 9.90 Å². The second-order valence-corrected chi connectivity index (χ2v) is 8.29. The molecule has 0 amide bonds. The number of aryl methyl sites for hydroxylation is 1. The number of carboxylic acids is 1. The number of carbonyl (C=O) groups is 1. The molecule has 0 saturated heterocycles. The molecule has 34 heavy (non-hydrogen) atoms. The molecular formula is C25H21F4N3O2. The van der Waals surface area contributed by atoms with Crippen LogP contribution in [-0.2, 0) is 13.6 Å². The summed E-state index contributed by atoms with van der Waals surface area (Å²) >= 11 is 0. The zero-order chi connectivity index (χ0) is 24.7. The molecule has 4 aromatic rings. The summed E-state index contributed by atoms with van der Waals surface area (Å²) in [5.74, 6) is -7.75. The molecule has 0 aliphatic heterocycles. The number of fused-ring (bicyclic) bond motifs is 1. The third kappa shape index (κ3) is 4.03. The normalized spacial score (nSPS) is 11.5. The van der Waals surface area contributed by atoms with Crippen LogP contribution >= 0.6 is 0 Å². The van der Waals surface area contributed by atoms with Crippen molar-refractivity contribution >= 4 is 17.0 Å². The molecule has 1 aromatic heterocycles. The molecule has 176 valence electrons. The van der Waals surface area contributed by atoms with Gasteiger partial charge in [-0.3, -0.25) is 0 Å². The molecule has 5 nitrogen and oxygen atoms in total. The van der Waals surface area contributed by atoms with Gasteiger partial charge in [-0.05, 0) is 34.9 Å². The highest BCUT2D eigenvalue weighted by Gasteiger charge is 2.28. The van der Waals surface area contributed by atoms with Crippen molar-refractivity contribution in [3.8, 4) is 22.3 Å². The molecule has 0 atom stereocenters. The Morgan fingerprint density at radius 1 is 1.00 bits per heavy atom. The van der Waals surface area contributed by atoms with E-state index in [1.807, 2.05) is 13.8 Å². The molecule has 0 aliphatic carbocycles. The number of aromatic carboxylic acids is 1. The zero-order valence-corrected chi connectivity index (χ0v) is 18.6. The summed E-state index contributed by atoms with van der Waals surface area (Å²) in [7, 11) is 1.56. The molecule has 3 aromatic carbocycles. The maximum atomic E-state index is 15.2. The summed E-state index contributed by atoms with van der Waals surface area (Å²) in [5.41, 5.74) is -1.48. The van der Waals surface area contributed by atoms with Gasteiger partial charge in [-0.2, -0.15) is 0 Å². The molecule has 0 spiro atoms. The number of rotatable bonds is 6. The Labute approximate surface area is 192 Å². The molecule has 9 heteroatoms. The van der Waals surface area contributed by atoms with E-state index in [0.717, 1.165) is 6.07 Å². The van der Waals surface area contributed by atoms with Gasteiger partial charge in [0.25, 0.3) is 0 Å². The summed E-state index contributed by atoms with van der Waals surface area (Å²) in [5, 5.41) is 12.7. The molecule has 1 heterocycles. The predicted molar refractivity (Wildman–Crippen MR) is 120 cm³/mol. The van der Waals surface area contributed by atoms with Crippen LogP contribution in [0.15, 0.2) is 42.7 Å². The fourth-order valence-electron chi connectivity index (χ4n) is 3.90. The van der Waals surface area contributed by atoms with Crippen LogP contribution in [0.4, 0.5) is 17.6 Å². The molecule has 4 rings (SSSR count). The van der Waals surface area contributed by atoms with Crippen LogP contribution in [0, 0.1) is 23.3 Å². The van der Waals surface area contributed by atoms with E-state index in [4.69, 9.17) is 0 Å². The Kier molecular flexibility index (Phi) is 6.14. The van der Waals surface area contributed by atoms with Gasteiger partial charge in [-0.25, -0.2) is 27.3 Å². The van der Waals surface area contributed by atoms with Gasteiger partial charge in [0.05, 0.1) is 34.1 Å². The van der Waals surface area contributed by atoms with Crippen molar-refractivity contribution in [2.75, 3.05) is 0 Å². The first-order valence-corrected chi connectivity index (χ1v) is 10.5. The number of nitrogens with one attached hydrogen (secondary N) is 1. The number of aromatic nitrogens is 2. The maximum absolute atomic E-state index is 15.2. The second-order valence-electron chi connectivity index (χ2n) is 8.29. The van der Waals surface area contributed by atoms with Gasteiger partial charge in [0.15, 0.2) is 23.3 Å². The topological polar surface area (TPSA) is 67.2 Å². The van der Waals surface area contributed by atoms with Crippen molar-refractivity contribution < 1.29 is 27.5 Å². The summed E-state index contributed by atoms with van der Waals surface area (Å²) in [6.45, 7) is 4.27. The molecule has 0 saturated carbocycles. The maximum Gasteiger partial charge on any atom is 0.337 e. The van der Waals surface area contributed by atoms with E-state index in [1.165, 1.54) is 29.1 Å². The lowest BCUT2D eigenvalue weighted by molar-refractivity contribution is 0.0698. The Bertz CT molecular complexity index is 1400. The van der Waals surface area contributed by atoms with Crippen LogP contribution in [0.2, 0.25) is 0 Å². The standard InChI is InChI=1S/C25H21F4N3O2/c1-12(2)30-10-13-5-4-6-14(7-13)18-20(26)22(28)19(23(29)21(18)27)15-8-16(25(33)34)24-17(9-15)31-11-32(24)3/h4-9,11-12,30H,10H2,1-3H3,(H,33,34). The van der Waals surface area contributed by atoms with E-state index < -0.39 is 40.4 Å². The summed E-state index contributed by atoms with van der Waals surface area (Å²) in [4.78, 5) is 15.8. The Morgan fingerprint density at radius 3 is 2.21 bits per heavy atom. The summed E-state index contributed by atoms with van der Waals surface area (Å²) < 4.78 is 62.2. The van der Waals surface area contributed by atoms with E-state index in [1.54, 1.807) is 19.2 Å². The van der Waals surface area contributed by atoms with Gasteiger partial charge in [0, 0.05) is 19.6 Å². The van der Waals surface area contributed by atoms with E-state index in [2.05, 4.69) is 10.3 Å². The fourth-order valence-corrected chi connectivity index (χ4v) is 3.90.